The molecule has 4 nitrogen and oxygen atoms in total. The van der Waals surface area contributed by atoms with Crippen LogP contribution in [0.15, 0.2) is 18.2 Å². The molecule has 0 N–H and O–H groups in total. The first kappa shape index (κ1) is 17.1. The zero-order valence-electron chi connectivity index (χ0n) is 12.9. The van der Waals surface area contributed by atoms with Gasteiger partial charge in [0.05, 0.1) is 6.42 Å². The Morgan fingerprint density at radius 2 is 1.81 bits per heavy atom. The average Bonchev–Trinajstić information content (AvgIpc) is 2.30. The highest BCUT2D eigenvalue weighted by molar-refractivity contribution is 5.84. The predicted molar refractivity (Wildman–Crippen MR) is 76.7 cm³/mol. The van der Waals surface area contributed by atoms with Crippen LogP contribution in [0.2, 0.25) is 0 Å². The summed E-state index contributed by atoms with van der Waals surface area (Å²) in [6, 6.07) is 4.23. The highest BCUT2D eigenvalue weighted by atomic mass is 19.1. The standard InChI is InChI=1S/C16H21FO4/c1-11-7-12(17)9-14(8-11)20-10-13(18)5-6-15(19)21-16(2,3)4/h7-9H,5-6,10H2,1-4H3. The van der Waals surface area contributed by atoms with Crippen LogP contribution in [0.3, 0.4) is 0 Å². The van der Waals surface area contributed by atoms with E-state index in [1.165, 1.54) is 12.1 Å². The second-order valence-corrected chi connectivity index (χ2v) is 5.88. The number of aryl methyl sites for hydroxylation is 1. The van der Waals surface area contributed by atoms with E-state index in [4.69, 9.17) is 9.47 Å². The molecule has 0 saturated carbocycles. The molecule has 0 radical (unpaired) electrons. The summed E-state index contributed by atoms with van der Waals surface area (Å²) in [7, 11) is 0. The first-order valence-corrected chi connectivity index (χ1v) is 6.79. The number of hydrogen-bond donors (Lipinski definition) is 0. The molecule has 0 aliphatic rings. The van der Waals surface area contributed by atoms with Crippen molar-refractivity contribution in [2.45, 2.75) is 46.1 Å². The van der Waals surface area contributed by atoms with E-state index in [-0.39, 0.29) is 25.2 Å². The molecule has 0 bridgehead atoms. The van der Waals surface area contributed by atoms with Crippen LogP contribution in [-0.2, 0) is 14.3 Å². The van der Waals surface area contributed by atoms with E-state index in [0.29, 0.717) is 11.3 Å². The van der Waals surface area contributed by atoms with Crippen LogP contribution in [0, 0.1) is 12.7 Å². The minimum Gasteiger partial charge on any atom is -0.486 e. The lowest BCUT2D eigenvalue weighted by atomic mass is 10.2. The fourth-order valence-corrected chi connectivity index (χ4v) is 1.66. The molecule has 0 aliphatic heterocycles. The number of ketones is 1. The first-order valence-electron chi connectivity index (χ1n) is 6.79. The second-order valence-electron chi connectivity index (χ2n) is 5.88. The molecule has 0 fully saturated rings. The van der Waals surface area contributed by atoms with Gasteiger partial charge >= 0.3 is 5.97 Å². The normalized spacial score (nSPS) is 11.1. The smallest absolute Gasteiger partial charge is 0.306 e. The number of carbonyl (C=O) groups is 2. The summed E-state index contributed by atoms with van der Waals surface area (Å²) in [6.45, 7) is 6.85. The molecule has 0 spiro atoms. The number of ether oxygens (including phenoxy) is 2. The fourth-order valence-electron chi connectivity index (χ4n) is 1.66. The molecule has 1 aromatic carbocycles. The summed E-state index contributed by atoms with van der Waals surface area (Å²) >= 11 is 0. The van der Waals surface area contributed by atoms with Gasteiger partial charge < -0.3 is 9.47 Å². The molecule has 1 rings (SSSR count). The summed E-state index contributed by atoms with van der Waals surface area (Å²) in [5, 5.41) is 0. The van der Waals surface area contributed by atoms with Crippen molar-refractivity contribution >= 4 is 11.8 Å². The van der Waals surface area contributed by atoms with Crippen molar-refractivity contribution < 1.29 is 23.5 Å². The van der Waals surface area contributed by atoms with Crippen molar-refractivity contribution in [1.29, 1.82) is 0 Å². The maximum atomic E-state index is 13.1. The molecule has 5 heteroatoms. The number of rotatable bonds is 6. The molecule has 1 aromatic rings. The molecule has 0 unspecified atom stereocenters. The van der Waals surface area contributed by atoms with Gasteiger partial charge in [-0.2, -0.15) is 0 Å². The van der Waals surface area contributed by atoms with Crippen molar-refractivity contribution in [2.75, 3.05) is 6.61 Å². The Balaban J connectivity index is 2.36. The van der Waals surface area contributed by atoms with Gasteiger partial charge in [0, 0.05) is 12.5 Å². The van der Waals surface area contributed by atoms with E-state index in [1.54, 1.807) is 33.8 Å². The van der Waals surface area contributed by atoms with Crippen LogP contribution in [-0.4, -0.2) is 24.0 Å². The topological polar surface area (TPSA) is 52.6 Å². The van der Waals surface area contributed by atoms with E-state index in [0.717, 1.165) is 0 Å². The lowest BCUT2D eigenvalue weighted by molar-refractivity contribution is -0.155. The number of Topliss-reactive ketones (excluding diaryl/α,β-unsaturated/α-hetero) is 1. The first-order chi connectivity index (χ1) is 9.65. The van der Waals surface area contributed by atoms with Gasteiger partial charge in [-0.05, 0) is 45.4 Å². The van der Waals surface area contributed by atoms with Crippen molar-refractivity contribution in [3.8, 4) is 5.75 Å². The number of benzene rings is 1. The van der Waals surface area contributed by atoms with Gasteiger partial charge in [-0.25, -0.2) is 4.39 Å². The molecular formula is C16H21FO4. The Morgan fingerprint density at radius 1 is 1.14 bits per heavy atom. The molecule has 0 heterocycles. The molecular weight excluding hydrogens is 275 g/mol. The number of hydrogen-bond acceptors (Lipinski definition) is 4. The van der Waals surface area contributed by atoms with Crippen molar-refractivity contribution in [1.82, 2.24) is 0 Å². The van der Waals surface area contributed by atoms with Crippen LogP contribution in [0.5, 0.6) is 5.75 Å². The van der Waals surface area contributed by atoms with Gasteiger partial charge in [0.1, 0.15) is 23.8 Å². The summed E-state index contributed by atoms with van der Waals surface area (Å²) < 4.78 is 23.5. The third-order valence-corrected chi connectivity index (χ3v) is 2.44. The number of carbonyl (C=O) groups excluding carboxylic acids is 2. The van der Waals surface area contributed by atoms with Crippen molar-refractivity contribution in [3.63, 3.8) is 0 Å². The maximum Gasteiger partial charge on any atom is 0.306 e. The Morgan fingerprint density at radius 3 is 2.38 bits per heavy atom. The minimum absolute atomic E-state index is 0.0155. The quantitative estimate of drug-likeness (QED) is 0.756. The zero-order chi connectivity index (χ0) is 16.0. The van der Waals surface area contributed by atoms with Gasteiger partial charge in [0.25, 0.3) is 0 Å². The number of halogens is 1. The van der Waals surface area contributed by atoms with Gasteiger partial charge in [-0.3, -0.25) is 9.59 Å². The zero-order valence-corrected chi connectivity index (χ0v) is 12.9. The fraction of sp³-hybridized carbons (Fsp3) is 0.500. The average molecular weight is 296 g/mol. The van der Waals surface area contributed by atoms with Crippen molar-refractivity contribution in [3.05, 3.63) is 29.6 Å². The largest absolute Gasteiger partial charge is 0.486 e. The highest BCUT2D eigenvalue weighted by Gasteiger charge is 2.17. The van der Waals surface area contributed by atoms with Crippen LogP contribution in [0.25, 0.3) is 0 Å². The van der Waals surface area contributed by atoms with Gasteiger partial charge in [-0.15, -0.1) is 0 Å². The molecule has 0 amide bonds. The van der Waals surface area contributed by atoms with Crippen LogP contribution in [0.1, 0.15) is 39.2 Å². The monoisotopic (exact) mass is 296 g/mol. The molecule has 0 aromatic heterocycles. The van der Waals surface area contributed by atoms with E-state index < -0.39 is 17.4 Å². The Kier molecular flexibility index (Phi) is 5.88. The van der Waals surface area contributed by atoms with E-state index in [1.807, 2.05) is 0 Å². The van der Waals surface area contributed by atoms with E-state index >= 15 is 0 Å². The summed E-state index contributed by atoms with van der Waals surface area (Å²) in [4.78, 5) is 23.1. The third-order valence-electron chi connectivity index (χ3n) is 2.44. The van der Waals surface area contributed by atoms with E-state index in [9.17, 15) is 14.0 Å². The van der Waals surface area contributed by atoms with Crippen LogP contribution in [0.4, 0.5) is 4.39 Å². The number of esters is 1. The second kappa shape index (κ2) is 7.20. The van der Waals surface area contributed by atoms with Gasteiger partial charge in [0.2, 0.25) is 0 Å². The minimum atomic E-state index is -0.560. The molecule has 0 atom stereocenters. The van der Waals surface area contributed by atoms with Crippen molar-refractivity contribution in [2.24, 2.45) is 0 Å². The van der Waals surface area contributed by atoms with Crippen LogP contribution >= 0.6 is 0 Å². The molecule has 0 saturated heterocycles. The Labute approximate surface area is 124 Å². The maximum absolute atomic E-state index is 13.1. The Bertz CT molecular complexity index is 497. The molecule has 116 valence electrons. The molecule has 0 aliphatic carbocycles. The predicted octanol–water partition coefficient (Wildman–Crippen LogP) is 3.20. The lowest BCUT2D eigenvalue weighted by Gasteiger charge is -2.19. The van der Waals surface area contributed by atoms with Gasteiger partial charge in [-0.1, -0.05) is 0 Å². The summed E-state index contributed by atoms with van der Waals surface area (Å²) in [6.07, 6.45) is 0.0604. The summed E-state index contributed by atoms with van der Waals surface area (Å²) in [5.41, 5.74) is 0.154. The Hall–Kier alpha value is -1.91. The van der Waals surface area contributed by atoms with Gasteiger partial charge in [0.15, 0.2) is 5.78 Å². The van der Waals surface area contributed by atoms with Crippen LogP contribution < -0.4 is 4.74 Å². The molecule has 21 heavy (non-hydrogen) atoms. The SMILES string of the molecule is Cc1cc(F)cc(OCC(=O)CCC(=O)OC(C)(C)C)c1. The summed E-state index contributed by atoms with van der Waals surface area (Å²) in [5.74, 6) is -0.760. The third kappa shape index (κ3) is 7.44. The van der Waals surface area contributed by atoms with E-state index in [2.05, 4.69) is 0 Å². The lowest BCUT2D eigenvalue weighted by Crippen LogP contribution is -2.24. The highest BCUT2D eigenvalue weighted by Crippen LogP contribution is 2.16.